The van der Waals surface area contributed by atoms with Crippen LogP contribution in [-0.4, -0.2) is 17.9 Å². The smallest absolute Gasteiger partial charge is 0.349 e. The number of hydrogen-bond acceptors (Lipinski definition) is 5. The van der Waals surface area contributed by atoms with Gasteiger partial charge in [0.2, 0.25) is 0 Å². The molecule has 6 nitrogen and oxygen atoms in total. The average Bonchev–Trinajstić information content (AvgIpc) is 3.32. The SMILES string of the molecule is C=CCc1cccc2cc(C(=O)Nc3sc4c(c3C(=O)NC3CC3)CCC4)c(=O)oc12. The van der Waals surface area contributed by atoms with Crippen molar-refractivity contribution in [3.05, 3.63) is 74.5 Å². The van der Waals surface area contributed by atoms with Crippen molar-refractivity contribution in [2.75, 3.05) is 5.32 Å². The lowest BCUT2D eigenvalue weighted by Crippen LogP contribution is -2.27. The molecule has 2 aromatic heterocycles. The van der Waals surface area contributed by atoms with Crippen LogP contribution in [0.4, 0.5) is 5.00 Å². The van der Waals surface area contributed by atoms with Crippen molar-refractivity contribution in [2.45, 2.75) is 44.6 Å². The van der Waals surface area contributed by atoms with Gasteiger partial charge in [-0.1, -0.05) is 24.3 Å². The number of amides is 2. The standard InChI is InChI=1S/C24H22N2O4S/c1-2-5-13-6-3-7-14-12-17(24(29)30-20(13)14)21(27)26-23-19(22(28)25-15-10-11-15)16-8-4-9-18(16)31-23/h2-3,6-7,12,15H,1,4-5,8-11H2,(H,25,28)(H,26,27). The zero-order chi connectivity index (χ0) is 21.5. The Bertz CT molecular complexity index is 1280. The summed E-state index contributed by atoms with van der Waals surface area (Å²) < 4.78 is 5.50. The summed E-state index contributed by atoms with van der Waals surface area (Å²) >= 11 is 1.43. The van der Waals surface area contributed by atoms with E-state index in [4.69, 9.17) is 4.42 Å². The monoisotopic (exact) mass is 434 g/mol. The Morgan fingerprint density at radius 1 is 1.23 bits per heavy atom. The van der Waals surface area contributed by atoms with E-state index < -0.39 is 11.5 Å². The molecule has 158 valence electrons. The van der Waals surface area contributed by atoms with Crippen molar-refractivity contribution < 1.29 is 14.0 Å². The molecule has 0 saturated heterocycles. The van der Waals surface area contributed by atoms with Crippen LogP contribution in [0.5, 0.6) is 0 Å². The third-order valence-electron chi connectivity index (χ3n) is 5.74. The molecule has 1 saturated carbocycles. The predicted octanol–water partition coefficient (Wildman–Crippen LogP) is 4.22. The zero-order valence-electron chi connectivity index (χ0n) is 17.0. The molecule has 0 spiro atoms. The van der Waals surface area contributed by atoms with Crippen LogP contribution in [0.2, 0.25) is 0 Å². The Balaban J connectivity index is 1.49. The Morgan fingerprint density at radius 2 is 2.06 bits per heavy atom. The molecule has 2 aliphatic carbocycles. The second kappa shape index (κ2) is 7.81. The van der Waals surface area contributed by atoms with E-state index in [0.29, 0.717) is 28.0 Å². The molecule has 2 aliphatic rings. The van der Waals surface area contributed by atoms with Gasteiger partial charge in [-0.2, -0.15) is 0 Å². The van der Waals surface area contributed by atoms with Gasteiger partial charge in [0.25, 0.3) is 11.8 Å². The molecule has 1 fully saturated rings. The van der Waals surface area contributed by atoms with Crippen molar-refractivity contribution in [2.24, 2.45) is 0 Å². The number of carbonyl (C=O) groups excluding carboxylic acids is 2. The van der Waals surface area contributed by atoms with Gasteiger partial charge < -0.3 is 15.1 Å². The number of hydrogen-bond donors (Lipinski definition) is 2. The lowest BCUT2D eigenvalue weighted by atomic mass is 10.1. The Kier molecular flexibility index (Phi) is 4.98. The van der Waals surface area contributed by atoms with Crippen LogP contribution < -0.4 is 16.3 Å². The molecule has 31 heavy (non-hydrogen) atoms. The number of rotatable bonds is 6. The summed E-state index contributed by atoms with van der Waals surface area (Å²) in [7, 11) is 0. The van der Waals surface area contributed by atoms with Crippen LogP contribution in [0.3, 0.4) is 0 Å². The molecule has 0 unspecified atom stereocenters. The Labute approximate surface area is 183 Å². The third kappa shape index (κ3) is 3.70. The van der Waals surface area contributed by atoms with Crippen molar-refractivity contribution >= 4 is 39.1 Å². The Hall–Kier alpha value is -3.19. The van der Waals surface area contributed by atoms with Crippen LogP contribution >= 0.6 is 11.3 Å². The normalized spacial score (nSPS) is 15.0. The number of para-hydroxylation sites is 1. The predicted molar refractivity (Wildman–Crippen MR) is 121 cm³/mol. The highest BCUT2D eigenvalue weighted by molar-refractivity contribution is 7.17. The summed E-state index contributed by atoms with van der Waals surface area (Å²) in [6.07, 6.45) is 7.03. The van der Waals surface area contributed by atoms with Gasteiger partial charge in [0.1, 0.15) is 16.1 Å². The largest absolute Gasteiger partial charge is 0.422 e. The molecule has 1 aromatic carbocycles. The van der Waals surface area contributed by atoms with Gasteiger partial charge in [-0.3, -0.25) is 9.59 Å². The van der Waals surface area contributed by atoms with Crippen molar-refractivity contribution in [1.29, 1.82) is 0 Å². The fourth-order valence-corrected chi connectivity index (χ4v) is 5.35. The second-order valence-corrected chi connectivity index (χ2v) is 9.14. The summed E-state index contributed by atoms with van der Waals surface area (Å²) in [6.45, 7) is 3.73. The molecular weight excluding hydrogens is 412 g/mol. The quantitative estimate of drug-likeness (QED) is 0.449. The lowest BCUT2D eigenvalue weighted by molar-refractivity contribution is 0.0951. The van der Waals surface area contributed by atoms with Gasteiger partial charge in [-0.15, -0.1) is 17.9 Å². The maximum absolute atomic E-state index is 13.0. The van der Waals surface area contributed by atoms with Crippen LogP contribution in [0.15, 0.2) is 46.1 Å². The topological polar surface area (TPSA) is 88.4 Å². The van der Waals surface area contributed by atoms with Crippen LogP contribution in [-0.2, 0) is 19.3 Å². The number of anilines is 1. The van der Waals surface area contributed by atoms with Crippen molar-refractivity contribution in [1.82, 2.24) is 5.32 Å². The fourth-order valence-electron chi connectivity index (χ4n) is 4.07. The van der Waals surface area contributed by atoms with E-state index in [1.165, 1.54) is 11.3 Å². The third-order valence-corrected chi connectivity index (χ3v) is 6.95. The number of nitrogens with one attached hydrogen (secondary N) is 2. The molecule has 2 heterocycles. The van der Waals surface area contributed by atoms with E-state index in [9.17, 15) is 14.4 Å². The number of aryl methyl sites for hydroxylation is 1. The molecule has 0 radical (unpaired) electrons. The van der Waals surface area contributed by atoms with Gasteiger partial charge in [0.05, 0.1) is 5.56 Å². The molecular formula is C24H22N2O4S. The van der Waals surface area contributed by atoms with E-state index in [0.717, 1.165) is 48.1 Å². The van der Waals surface area contributed by atoms with Gasteiger partial charge in [-0.05, 0) is 55.7 Å². The zero-order valence-corrected chi connectivity index (χ0v) is 17.8. The first-order chi connectivity index (χ1) is 15.0. The average molecular weight is 435 g/mol. The van der Waals surface area contributed by atoms with Gasteiger partial charge in [0, 0.05) is 16.3 Å². The van der Waals surface area contributed by atoms with E-state index in [2.05, 4.69) is 17.2 Å². The maximum Gasteiger partial charge on any atom is 0.349 e. The summed E-state index contributed by atoms with van der Waals surface area (Å²) in [5, 5.41) is 7.02. The molecule has 0 aliphatic heterocycles. The first-order valence-electron chi connectivity index (χ1n) is 10.5. The summed E-state index contributed by atoms with van der Waals surface area (Å²) in [5.41, 5.74) is 2.10. The van der Waals surface area contributed by atoms with Gasteiger partial charge >= 0.3 is 5.63 Å². The van der Waals surface area contributed by atoms with Crippen LogP contribution in [0, 0.1) is 0 Å². The fraction of sp³-hybridized carbons (Fsp3) is 0.292. The molecule has 3 aromatic rings. The molecule has 2 N–H and O–H groups in total. The minimum absolute atomic E-state index is 0.0784. The van der Waals surface area contributed by atoms with E-state index in [1.807, 2.05) is 12.1 Å². The molecule has 7 heteroatoms. The van der Waals surface area contributed by atoms with Gasteiger partial charge in [0.15, 0.2) is 0 Å². The van der Waals surface area contributed by atoms with E-state index in [1.54, 1.807) is 18.2 Å². The highest BCUT2D eigenvalue weighted by atomic mass is 32.1. The summed E-state index contributed by atoms with van der Waals surface area (Å²) in [5.74, 6) is -0.706. The molecule has 0 bridgehead atoms. The summed E-state index contributed by atoms with van der Waals surface area (Å²) in [4.78, 5) is 39.6. The highest BCUT2D eigenvalue weighted by Gasteiger charge is 2.31. The Morgan fingerprint density at radius 3 is 2.84 bits per heavy atom. The molecule has 0 atom stereocenters. The minimum Gasteiger partial charge on any atom is -0.422 e. The number of fused-ring (bicyclic) bond motifs is 2. The number of benzene rings is 1. The van der Waals surface area contributed by atoms with E-state index in [-0.39, 0.29) is 17.5 Å². The van der Waals surface area contributed by atoms with Crippen LogP contribution in [0.1, 0.15) is 56.0 Å². The van der Waals surface area contributed by atoms with Crippen molar-refractivity contribution in [3.8, 4) is 0 Å². The van der Waals surface area contributed by atoms with Crippen molar-refractivity contribution in [3.63, 3.8) is 0 Å². The molecule has 2 amide bonds. The highest BCUT2D eigenvalue weighted by Crippen LogP contribution is 2.39. The van der Waals surface area contributed by atoms with E-state index >= 15 is 0 Å². The first-order valence-corrected chi connectivity index (χ1v) is 11.3. The lowest BCUT2D eigenvalue weighted by Gasteiger charge is -2.09. The number of thiophene rings is 1. The number of allylic oxidation sites excluding steroid dienone is 1. The van der Waals surface area contributed by atoms with Gasteiger partial charge in [-0.25, -0.2) is 4.79 Å². The molecule has 5 rings (SSSR count). The summed E-state index contributed by atoms with van der Waals surface area (Å²) in [6, 6.07) is 7.30. The number of carbonyl (C=O) groups is 2. The van der Waals surface area contributed by atoms with Crippen LogP contribution in [0.25, 0.3) is 11.0 Å². The minimum atomic E-state index is -0.699. The maximum atomic E-state index is 13.0. The first kappa shape index (κ1) is 19.8. The second-order valence-electron chi connectivity index (χ2n) is 8.04.